The van der Waals surface area contributed by atoms with Gasteiger partial charge in [0.15, 0.2) is 0 Å². The van der Waals surface area contributed by atoms with Crippen LogP contribution in [0.2, 0.25) is 0 Å². The number of thiophene rings is 1. The Hall–Kier alpha value is -1.60. The first-order valence-electron chi connectivity index (χ1n) is 6.23. The average molecular weight is 271 g/mol. The maximum absolute atomic E-state index is 5.90. The third-order valence-corrected chi connectivity index (χ3v) is 3.70. The average Bonchev–Trinajstić information content (AvgIpc) is 2.91. The summed E-state index contributed by atoms with van der Waals surface area (Å²) in [6.07, 6.45) is 0.0821. The van der Waals surface area contributed by atoms with Gasteiger partial charge in [0.2, 0.25) is 0 Å². The Balaban J connectivity index is 1.98. The van der Waals surface area contributed by atoms with Crippen molar-refractivity contribution in [2.75, 3.05) is 6.54 Å². The first-order chi connectivity index (χ1) is 9.31. The van der Waals surface area contributed by atoms with Gasteiger partial charge in [-0.15, -0.1) is 11.3 Å². The molecule has 3 heteroatoms. The van der Waals surface area contributed by atoms with Crippen molar-refractivity contribution in [3.63, 3.8) is 0 Å². The van der Waals surface area contributed by atoms with Crippen molar-refractivity contribution in [2.45, 2.75) is 19.6 Å². The fraction of sp³-hybridized carbons (Fsp3) is 0.250. The van der Waals surface area contributed by atoms with E-state index in [9.17, 15) is 0 Å². The summed E-state index contributed by atoms with van der Waals surface area (Å²) in [5.41, 5.74) is 7.60. The fourth-order valence-electron chi connectivity index (χ4n) is 1.73. The van der Waals surface area contributed by atoms with Crippen molar-refractivity contribution in [1.29, 1.82) is 0 Å². The van der Waals surface area contributed by atoms with Crippen LogP contribution in [0.5, 0.6) is 0 Å². The summed E-state index contributed by atoms with van der Waals surface area (Å²) in [6.45, 7) is 3.03. The van der Waals surface area contributed by atoms with Crippen LogP contribution in [-0.4, -0.2) is 6.54 Å². The quantitative estimate of drug-likeness (QED) is 0.866. The number of ether oxygens (including phenoxy) is 1. The molecular weight excluding hydrogens is 254 g/mol. The first kappa shape index (κ1) is 13.8. The molecule has 2 nitrogen and oxygen atoms in total. The number of nitrogens with two attached hydrogens (primary N) is 1. The Bertz CT molecular complexity index is 565. The second-order valence-electron chi connectivity index (χ2n) is 4.13. The molecular formula is C16H17NOS. The van der Waals surface area contributed by atoms with Crippen LogP contribution >= 0.6 is 11.3 Å². The molecule has 1 unspecified atom stereocenters. The molecule has 2 aromatic rings. The van der Waals surface area contributed by atoms with Crippen molar-refractivity contribution < 1.29 is 4.74 Å². The summed E-state index contributed by atoms with van der Waals surface area (Å²) in [7, 11) is 0. The van der Waals surface area contributed by atoms with E-state index in [0.29, 0.717) is 13.2 Å². The number of hydrogen-bond donors (Lipinski definition) is 1. The molecule has 1 aromatic carbocycles. The second kappa shape index (κ2) is 7.10. The third-order valence-electron chi connectivity index (χ3n) is 2.80. The molecule has 0 fully saturated rings. The SMILES string of the molecule is CC(OCc1sccc1C#CCN)c1ccccc1. The molecule has 2 rings (SSSR count). The molecule has 0 amide bonds. The van der Waals surface area contributed by atoms with Crippen LogP contribution in [0.1, 0.15) is 29.0 Å². The summed E-state index contributed by atoms with van der Waals surface area (Å²) < 4.78 is 5.90. The molecule has 0 radical (unpaired) electrons. The van der Waals surface area contributed by atoms with Crippen molar-refractivity contribution in [1.82, 2.24) is 0 Å². The lowest BCUT2D eigenvalue weighted by Gasteiger charge is -2.12. The third kappa shape index (κ3) is 3.93. The lowest BCUT2D eigenvalue weighted by molar-refractivity contribution is 0.0541. The van der Waals surface area contributed by atoms with Crippen molar-refractivity contribution in [3.8, 4) is 11.8 Å². The minimum atomic E-state index is 0.0821. The molecule has 2 N–H and O–H groups in total. The maximum atomic E-state index is 5.90. The van der Waals surface area contributed by atoms with Gasteiger partial charge in [-0.2, -0.15) is 0 Å². The number of rotatable bonds is 4. The summed E-state index contributed by atoms with van der Waals surface area (Å²) in [4.78, 5) is 1.16. The summed E-state index contributed by atoms with van der Waals surface area (Å²) >= 11 is 1.67. The van der Waals surface area contributed by atoms with Gasteiger partial charge in [0.05, 0.1) is 19.3 Å². The van der Waals surface area contributed by atoms with E-state index in [2.05, 4.69) is 30.9 Å². The second-order valence-corrected chi connectivity index (χ2v) is 5.13. The Morgan fingerprint density at radius 1 is 1.26 bits per heavy atom. The summed E-state index contributed by atoms with van der Waals surface area (Å²) in [5, 5.41) is 2.03. The van der Waals surface area contributed by atoms with Gasteiger partial charge in [0.25, 0.3) is 0 Å². The van der Waals surface area contributed by atoms with Gasteiger partial charge in [-0.05, 0) is 23.9 Å². The number of hydrogen-bond acceptors (Lipinski definition) is 3. The molecule has 0 saturated heterocycles. The zero-order valence-electron chi connectivity index (χ0n) is 10.9. The molecule has 1 heterocycles. The van der Waals surface area contributed by atoms with Crippen LogP contribution in [-0.2, 0) is 11.3 Å². The summed E-state index contributed by atoms with van der Waals surface area (Å²) in [5.74, 6) is 5.95. The van der Waals surface area contributed by atoms with E-state index < -0.39 is 0 Å². The minimum absolute atomic E-state index is 0.0821. The van der Waals surface area contributed by atoms with E-state index in [1.807, 2.05) is 29.6 Å². The van der Waals surface area contributed by atoms with Crippen molar-refractivity contribution >= 4 is 11.3 Å². The van der Waals surface area contributed by atoms with Gasteiger partial charge < -0.3 is 10.5 Å². The smallest absolute Gasteiger partial charge is 0.0830 e. The molecule has 0 bridgehead atoms. The zero-order valence-corrected chi connectivity index (χ0v) is 11.7. The number of benzene rings is 1. The Kier molecular flexibility index (Phi) is 5.17. The van der Waals surface area contributed by atoms with Gasteiger partial charge in [-0.1, -0.05) is 42.2 Å². The van der Waals surface area contributed by atoms with Crippen LogP contribution in [0, 0.1) is 11.8 Å². The largest absolute Gasteiger partial charge is 0.368 e. The lowest BCUT2D eigenvalue weighted by Crippen LogP contribution is -2.00. The highest BCUT2D eigenvalue weighted by molar-refractivity contribution is 7.10. The van der Waals surface area contributed by atoms with E-state index in [4.69, 9.17) is 10.5 Å². The van der Waals surface area contributed by atoms with Gasteiger partial charge >= 0.3 is 0 Å². The molecule has 0 saturated carbocycles. The molecule has 1 atom stereocenters. The van der Waals surface area contributed by atoms with Gasteiger partial charge in [0.1, 0.15) is 0 Å². The molecule has 19 heavy (non-hydrogen) atoms. The normalized spacial score (nSPS) is 11.7. The topological polar surface area (TPSA) is 35.2 Å². The Morgan fingerprint density at radius 2 is 2.05 bits per heavy atom. The Labute approximate surface area is 118 Å². The van der Waals surface area contributed by atoms with Crippen LogP contribution in [0.15, 0.2) is 41.8 Å². The standard InChI is InChI=1S/C16H17NOS/c1-13(14-6-3-2-4-7-14)18-12-16-15(8-5-10-17)9-11-19-16/h2-4,6-7,9,11,13H,10,12,17H2,1H3. The molecule has 0 aliphatic rings. The predicted molar refractivity (Wildman–Crippen MR) is 79.9 cm³/mol. The maximum Gasteiger partial charge on any atom is 0.0830 e. The fourth-order valence-corrected chi connectivity index (χ4v) is 2.48. The van der Waals surface area contributed by atoms with E-state index in [-0.39, 0.29) is 6.10 Å². The van der Waals surface area contributed by atoms with Gasteiger partial charge in [-0.25, -0.2) is 0 Å². The molecule has 0 aliphatic carbocycles. The van der Waals surface area contributed by atoms with Crippen molar-refractivity contribution in [2.24, 2.45) is 5.73 Å². The monoisotopic (exact) mass is 271 g/mol. The van der Waals surface area contributed by atoms with Crippen LogP contribution in [0.25, 0.3) is 0 Å². The van der Waals surface area contributed by atoms with E-state index in [0.717, 1.165) is 10.4 Å². The minimum Gasteiger partial charge on any atom is -0.368 e. The highest BCUT2D eigenvalue weighted by Crippen LogP contribution is 2.22. The molecule has 0 spiro atoms. The van der Waals surface area contributed by atoms with E-state index >= 15 is 0 Å². The molecule has 98 valence electrons. The van der Waals surface area contributed by atoms with Crippen LogP contribution in [0.4, 0.5) is 0 Å². The predicted octanol–water partition coefficient (Wildman–Crippen LogP) is 3.34. The lowest BCUT2D eigenvalue weighted by atomic mass is 10.1. The van der Waals surface area contributed by atoms with E-state index in [1.54, 1.807) is 11.3 Å². The highest BCUT2D eigenvalue weighted by atomic mass is 32.1. The highest BCUT2D eigenvalue weighted by Gasteiger charge is 2.08. The molecule has 0 aliphatic heterocycles. The van der Waals surface area contributed by atoms with Gasteiger partial charge in [0, 0.05) is 10.4 Å². The van der Waals surface area contributed by atoms with Gasteiger partial charge in [-0.3, -0.25) is 0 Å². The van der Waals surface area contributed by atoms with Crippen molar-refractivity contribution in [3.05, 3.63) is 57.8 Å². The summed E-state index contributed by atoms with van der Waals surface area (Å²) in [6, 6.07) is 12.2. The first-order valence-corrected chi connectivity index (χ1v) is 7.11. The van der Waals surface area contributed by atoms with Crippen LogP contribution in [0.3, 0.4) is 0 Å². The zero-order chi connectivity index (χ0) is 13.5. The van der Waals surface area contributed by atoms with Crippen LogP contribution < -0.4 is 5.73 Å². The Morgan fingerprint density at radius 3 is 2.79 bits per heavy atom. The van der Waals surface area contributed by atoms with E-state index in [1.165, 1.54) is 5.56 Å². The molecule has 1 aromatic heterocycles.